The summed E-state index contributed by atoms with van der Waals surface area (Å²) in [5.41, 5.74) is 6.88. The van der Waals surface area contributed by atoms with Gasteiger partial charge in [0.25, 0.3) is 0 Å². The number of rotatable bonds is 4. The van der Waals surface area contributed by atoms with E-state index in [1.54, 1.807) is 11.3 Å². The van der Waals surface area contributed by atoms with Gasteiger partial charge in [-0.3, -0.25) is 4.90 Å². The molecule has 1 unspecified atom stereocenters. The van der Waals surface area contributed by atoms with Gasteiger partial charge in [-0.25, -0.2) is 4.98 Å². The number of hydrogen-bond donors (Lipinski definition) is 2. The van der Waals surface area contributed by atoms with Crippen LogP contribution < -0.4 is 11.1 Å². The molecule has 0 radical (unpaired) electrons. The monoisotopic (exact) mass is 402 g/mol. The van der Waals surface area contributed by atoms with Crippen molar-refractivity contribution in [2.24, 2.45) is 0 Å². The molecule has 2 heterocycles. The summed E-state index contributed by atoms with van der Waals surface area (Å²) in [7, 11) is 0. The number of nitrogen functional groups attached to an aromatic ring is 1. The van der Waals surface area contributed by atoms with E-state index in [9.17, 15) is 0 Å². The lowest BCUT2D eigenvalue weighted by atomic mass is 10.1. The van der Waals surface area contributed by atoms with Crippen molar-refractivity contribution in [3.63, 3.8) is 0 Å². The van der Waals surface area contributed by atoms with Crippen molar-refractivity contribution < 1.29 is 0 Å². The molecule has 0 aliphatic carbocycles. The molecule has 1 saturated heterocycles. The average molecular weight is 404 g/mol. The second-order valence-corrected chi connectivity index (χ2v) is 7.46. The first-order valence-electron chi connectivity index (χ1n) is 7.14. The molecule has 0 bridgehead atoms. The fraction of sp³-hybridized carbons (Fsp3) is 0.400. The molecule has 0 spiro atoms. The molecular formula is C15H20BrClN4S. The predicted octanol–water partition coefficient (Wildman–Crippen LogP) is 3.99. The van der Waals surface area contributed by atoms with E-state index >= 15 is 0 Å². The van der Waals surface area contributed by atoms with E-state index in [0.29, 0.717) is 11.2 Å². The highest BCUT2D eigenvalue weighted by Crippen LogP contribution is 2.22. The molecule has 0 saturated carbocycles. The Kier molecular flexibility index (Phi) is 6.50. The lowest BCUT2D eigenvalue weighted by Crippen LogP contribution is -2.41. The van der Waals surface area contributed by atoms with Crippen molar-refractivity contribution in [2.45, 2.75) is 25.4 Å². The second-order valence-electron chi connectivity index (χ2n) is 5.39. The van der Waals surface area contributed by atoms with Crippen LogP contribution in [0.3, 0.4) is 0 Å². The number of halogens is 2. The second kappa shape index (κ2) is 8.15. The number of benzene rings is 1. The summed E-state index contributed by atoms with van der Waals surface area (Å²) in [5.74, 6) is 0. The van der Waals surface area contributed by atoms with Gasteiger partial charge < -0.3 is 11.1 Å². The van der Waals surface area contributed by atoms with E-state index in [1.807, 2.05) is 12.3 Å². The molecule has 7 heteroatoms. The zero-order valence-electron chi connectivity index (χ0n) is 12.2. The van der Waals surface area contributed by atoms with E-state index in [0.717, 1.165) is 24.1 Å². The van der Waals surface area contributed by atoms with Crippen LogP contribution in [0.15, 0.2) is 34.9 Å². The van der Waals surface area contributed by atoms with Crippen molar-refractivity contribution in [3.05, 3.63) is 39.8 Å². The minimum absolute atomic E-state index is 0. The largest absolute Gasteiger partial charge is 0.381 e. The van der Waals surface area contributed by atoms with E-state index in [4.69, 9.17) is 5.73 Å². The van der Waals surface area contributed by atoms with Gasteiger partial charge in [-0.15, -0.1) is 23.7 Å². The van der Waals surface area contributed by atoms with Crippen LogP contribution >= 0.6 is 39.7 Å². The van der Waals surface area contributed by atoms with Crippen molar-refractivity contribution in [3.8, 4) is 0 Å². The molecule has 120 valence electrons. The van der Waals surface area contributed by atoms with Crippen LogP contribution in [0.1, 0.15) is 17.7 Å². The Morgan fingerprint density at radius 3 is 3.05 bits per heavy atom. The molecule has 1 fully saturated rings. The van der Waals surface area contributed by atoms with Gasteiger partial charge >= 0.3 is 0 Å². The van der Waals surface area contributed by atoms with Crippen molar-refractivity contribution >= 4 is 50.5 Å². The molecule has 3 N–H and O–H groups in total. The topological polar surface area (TPSA) is 54.2 Å². The molecule has 0 amide bonds. The minimum atomic E-state index is 0. The lowest BCUT2D eigenvalue weighted by molar-refractivity contribution is 0.210. The standard InChI is InChI=1S/C15H19BrN4S.ClH/c16-11-3-1-4-12(7-11)19-13-5-2-6-20(9-13)10-14-8-18-15(17)21-14;/h1,3-4,7-8,13,19H,2,5-6,9-10H2,(H2,17,18);1H. The smallest absolute Gasteiger partial charge is 0.180 e. The molecule has 2 aromatic rings. The number of piperidine rings is 1. The maximum absolute atomic E-state index is 5.70. The number of nitrogens with one attached hydrogen (secondary N) is 1. The maximum atomic E-state index is 5.70. The summed E-state index contributed by atoms with van der Waals surface area (Å²) in [4.78, 5) is 7.85. The first-order chi connectivity index (χ1) is 10.2. The highest BCUT2D eigenvalue weighted by atomic mass is 79.9. The van der Waals surface area contributed by atoms with Crippen molar-refractivity contribution in [1.82, 2.24) is 9.88 Å². The van der Waals surface area contributed by atoms with Crippen LogP contribution in [0.4, 0.5) is 10.8 Å². The maximum Gasteiger partial charge on any atom is 0.180 e. The van der Waals surface area contributed by atoms with Crippen LogP contribution in [-0.4, -0.2) is 29.0 Å². The summed E-state index contributed by atoms with van der Waals surface area (Å²) in [5, 5.41) is 4.29. The third kappa shape index (κ3) is 4.84. The summed E-state index contributed by atoms with van der Waals surface area (Å²) in [6.45, 7) is 3.16. The number of aromatic nitrogens is 1. The summed E-state index contributed by atoms with van der Waals surface area (Å²) in [6.07, 6.45) is 4.33. The zero-order chi connectivity index (χ0) is 14.7. The highest BCUT2D eigenvalue weighted by Gasteiger charge is 2.20. The number of hydrogen-bond acceptors (Lipinski definition) is 5. The lowest BCUT2D eigenvalue weighted by Gasteiger charge is -2.33. The summed E-state index contributed by atoms with van der Waals surface area (Å²) in [6, 6.07) is 8.86. The quantitative estimate of drug-likeness (QED) is 0.810. The fourth-order valence-electron chi connectivity index (χ4n) is 2.75. The minimum Gasteiger partial charge on any atom is -0.381 e. The molecule has 1 aliphatic heterocycles. The third-order valence-corrected chi connectivity index (χ3v) is 4.96. The van der Waals surface area contributed by atoms with E-state index in [2.05, 4.69) is 49.3 Å². The Hall–Kier alpha value is -0.820. The van der Waals surface area contributed by atoms with Gasteiger partial charge in [0.1, 0.15) is 0 Å². The van der Waals surface area contributed by atoms with Gasteiger partial charge in [0, 0.05) is 40.4 Å². The van der Waals surface area contributed by atoms with Crippen LogP contribution in [0.5, 0.6) is 0 Å². The van der Waals surface area contributed by atoms with Crippen molar-refractivity contribution in [2.75, 3.05) is 24.1 Å². The highest BCUT2D eigenvalue weighted by molar-refractivity contribution is 9.10. The Morgan fingerprint density at radius 1 is 1.45 bits per heavy atom. The normalized spacial score (nSPS) is 18.7. The molecular weight excluding hydrogens is 384 g/mol. The summed E-state index contributed by atoms with van der Waals surface area (Å²) >= 11 is 5.10. The number of thiazole rings is 1. The van der Waals surface area contributed by atoms with Gasteiger partial charge in [0.2, 0.25) is 0 Å². The molecule has 4 nitrogen and oxygen atoms in total. The van der Waals surface area contributed by atoms with Gasteiger partial charge in [-0.05, 0) is 37.6 Å². The van der Waals surface area contributed by atoms with Crippen LogP contribution in [0.25, 0.3) is 0 Å². The van der Waals surface area contributed by atoms with E-state index in [-0.39, 0.29) is 12.4 Å². The SMILES string of the molecule is Cl.Nc1ncc(CN2CCCC(Nc3cccc(Br)c3)C2)s1. The molecule has 1 aromatic carbocycles. The van der Waals surface area contributed by atoms with Crippen LogP contribution in [0, 0.1) is 0 Å². The number of nitrogens with zero attached hydrogens (tertiary/aromatic N) is 2. The van der Waals surface area contributed by atoms with Gasteiger partial charge in [0.05, 0.1) is 0 Å². The van der Waals surface area contributed by atoms with Gasteiger partial charge in [0.15, 0.2) is 5.13 Å². The molecule has 22 heavy (non-hydrogen) atoms. The van der Waals surface area contributed by atoms with E-state index in [1.165, 1.54) is 23.4 Å². The number of nitrogens with two attached hydrogens (primary N) is 1. The summed E-state index contributed by atoms with van der Waals surface area (Å²) < 4.78 is 1.11. The molecule has 1 aromatic heterocycles. The molecule has 1 atom stereocenters. The predicted molar refractivity (Wildman–Crippen MR) is 99.8 cm³/mol. The average Bonchev–Trinajstić information content (AvgIpc) is 2.84. The zero-order valence-corrected chi connectivity index (χ0v) is 15.4. The van der Waals surface area contributed by atoms with Crippen LogP contribution in [0.2, 0.25) is 0 Å². The Morgan fingerprint density at radius 2 is 2.32 bits per heavy atom. The van der Waals surface area contributed by atoms with Gasteiger partial charge in [-0.2, -0.15) is 0 Å². The Bertz CT molecular complexity index is 607. The van der Waals surface area contributed by atoms with E-state index < -0.39 is 0 Å². The first-order valence-corrected chi connectivity index (χ1v) is 8.74. The van der Waals surface area contributed by atoms with Gasteiger partial charge in [-0.1, -0.05) is 22.0 Å². The third-order valence-electron chi connectivity index (χ3n) is 3.65. The number of anilines is 2. The van der Waals surface area contributed by atoms with Crippen molar-refractivity contribution in [1.29, 1.82) is 0 Å². The Balaban J connectivity index is 0.00000176. The van der Waals surface area contributed by atoms with Crippen LogP contribution in [-0.2, 0) is 6.54 Å². The Labute approximate surface area is 149 Å². The number of likely N-dealkylation sites (tertiary alicyclic amines) is 1. The molecule has 1 aliphatic rings. The first kappa shape index (κ1) is 17.5. The fourth-order valence-corrected chi connectivity index (χ4v) is 3.87. The molecule has 3 rings (SSSR count).